The molecule has 1 aliphatic heterocycles. The van der Waals surface area contributed by atoms with Crippen LogP contribution < -0.4 is 10.7 Å². The summed E-state index contributed by atoms with van der Waals surface area (Å²) in [6.45, 7) is 5.89. The number of nitrogens with zero attached hydrogens (tertiary/aromatic N) is 8. The summed E-state index contributed by atoms with van der Waals surface area (Å²) in [7, 11) is 0. The zero-order chi connectivity index (χ0) is 28.1. The van der Waals surface area contributed by atoms with Crippen molar-refractivity contribution in [1.82, 2.24) is 40.0 Å². The molecule has 1 atom stereocenters. The number of pyridine rings is 2. The molecule has 0 radical (unpaired) electrons. The fraction of sp³-hybridized carbons (Fsp3) is 0.464. The van der Waals surface area contributed by atoms with Crippen molar-refractivity contribution in [2.45, 2.75) is 65.0 Å². The number of rotatable bonds is 6. The summed E-state index contributed by atoms with van der Waals surface area (Å²) in [5, 5.41) is 12.7. The van der Waals surface area contributed by atoms with Crippen LogP contribution in [0.3, 0.4) is 0 Å². The zero-order valence-corrected chi connectivity index (χ0v) is 23.6. The maximum atomic E-state index is 11.8. The molecule has 7 rings (SSSR count). The number of H-pyrrole nitrogens is 1. The number of fused-ring (bicyclic) bond motifs is 1. The Labute approximate surface area is 240 Å². The van der Waals surface area contributed by atoms with Crippen LogP contribution in [0.15, 0.2) is 38.5 Å². The van der Waals surface area contributed by atoms with Crippen molar-refractivity contribution < 1.29 is 9.15 Å². The minimum Gasteiger partial charge on any atom is -0.333 e. The molecule has 0 amide bonds. The molecule has 5 aromatic rings. The Balaban J connectivity index is 1.45. The van der Waals surface area contributed by atoms with E-state index in [1.165, 1.54) is 12.8 Å². The van der Waals surface area contributed by atoms with Gasteiger partial charge in [0.2, 0.25) is 11.8 Å². The molecule has 1 unspecified atom stereocenters. The number of aromatic nitrogens is 8. The molecule has 1 N–H and O–H groups in total. The number of halogens is 1. The molecular formula is C28H30ClN9O3. The van der Waals surface area contributed by atoms with Crippen LogP contribution in [-0.4, -0.2) is 46.5 Å². The van der Waals surface area contributed by atoms with E-state index in [1.54, 1.807) is 12.4 Å². The molecule has 0 spiro atoms. The van der Waals surface area contributed by atoms with Crippen molar-refractivity contribution in [3.8, 4) is 22.8 Å². The van der Waals surface area contributed by atoms with Crippen LogP contribution in [0.1, 0.15) is 62.9 Å². The summed E-state index contributed by atoms with van der Waals surface area (Å²) < 4.78 is 12.2. The van der Waals surface area contributed by atoms with E-state index in [1.807, 2.05) is 19.1 Å². The second-order valence-corrected chi connectivity index (χ2v) is 11.7. The lowest BCUT2D eigenvalue weighted by atomic mass is 9.83. The lowest BCUT2D eigenvalue weighted by Gasteiger charge is -2.30. The second-order valence-electron chi connectivity index (χ2n) is 11.3. The Morgan fingerprint density at radius 3 is 2.66 bits per heavy atom. The molecule has 6 heterocycles. The first-order valence-corrected chi connectivity index (χ1v) is 14.5. The van der Waals surface area contributed by atoms with Gasteiger partial charge in [0.05, 0.1) is 27.8 Å². The summed E-state index contributed by atoms with van der Waals surface area (Å²) >= 11 is 6.40. The lowest BCUT2D eigenvalue weighted by molar-refractivity contribution is 0.266. The Morgan fingerprint density at radius 2 is 1.93 bits per heavy atom. The van der Waals surface area contributed by atoms with Crippen molar-refractivity contribution in [1.29, 1.82) is 0 Å². The van der Waals surface area contributed by atoms with Crippen molar-refractivity contribution >= 4 is 28.6 Å². The average Bonchev–Trinajstić information content (AvgIpc) is 3.76. The lowest BCUT2D eigenvalue weighted by Crippen LogP contribution is -2.28. The van der Waals surface area contributed by atoms with Gasteiger partial charge in [0.1, 0.15) is 17.1 Å². The largest absolute Gasteiger partial charge is 0.439 e. The van der Waals surface area contributed by atoms with Crippen LogP contribution in [0, 0.1) is 18.8 Å². The van der Waals surface area contributed by atoms with Gasteiger partial charge in [-0.25, -0.2) is 19.4 Å². The molecule has 2 aliphatic rings. The van der Waals surface area contributed by atoms with Gasteiger partial charge in [0.25, 0.3) is 0 Å². The van der Waals surface area contributed by atoms with Crippen LogP contribution in [0.2, 0.25) is 5.02 Å². The molecule has 2 fully saturated rings. The molecule has 41 heavy (non-hydrogen) atoms. The summed E-state index contributed by atoms with van der Waals surface area (Å²) in [5.74, 6) is 1.69. The molecule has 0 bridgehead atoms. The minimum atomic E-state index is -0.651. The van der Waals surface area contributed by atoms with E-state index in [0.29, 0.717) is 22.3 Å². The Hall–Kier alpha value is -4.06. The Morgan fingerprint density at radius 1 is 1.07 bits per heavy atom. The first kappa shape index (κ1) is 25.9. The van der Waals surface area contributed by atoms with Crippen molar-refractivity contribution in [3.05, 3.63) is 51.5 Å². The van der Waals surface area contributed by atoms with E-state index in [4.69, 9.17) is 30.7 Å². The third-order valence-corrected chi connectivity index (χ3v) is 8.66. The zero-order valence-electron chi connectivity index (χ0n) is 22.9. The van der Waals surface area contributed by atoms with Crippen LogP contribution in [0.25, 0.3) is 33.8 Å². The predicted molar refractivity (Wildman–Crippen MR) is 151 cm³/mol. The van der Waals surface area contributed by atoms with Crippen molar-refractivity contribution in [2.75, 3.05) is 11.4 Å². The smallest absolute Gasteiger partial charge is 0.333 e. The Bertz CT molecular complexity index is 1760. The molecule has 1 saturated heterocycles. The number of nitrogens with one attached hydrogen (secondary N) is 1. The highest BCUT2D eigenvalue weighted by Crippen LogP contribution is 2.41. The number of aromatic amines is 1. The average molecular weight is 576 g/mol. The number of hydrogen-bond acceptors (Lipinski definition) is 10. The van der Waals surface area contributed by atoms with Gasteiger partial charge in [0.15, 0.2) is 0 Å². The molecule has 0 aromatic carbocycles. The molecule has 12 nitrogen and oxygen atoms in total. The van der Waals surface area contributed by atoms with Gasteiger partial charge in [-0.3, -0.25) is 14.5 Å². The summed E-state index contributed by atoms with van der Waals surface area (Å²) in [6, 6.07) is 3.69. The van der Waals surface area contributed by atoms with Crippen LogP contribution >= 0.6 is 11.6 Å². The van der Waals surface area contributed by atoms with Gasteiger partial charge >= 0.3 is 5.76 Å². The van der Waals surface area contributed by atoms with Crippen LogP contribution in [0.5, 0.6) is 0 Å². The van der Waals surface area contributed by atoms with Gasteiger partial charge in [-0.2, -0.15) is 0 Å². The number of imidazole rings is 1. The van der Waals surface area contributed by atoms with Crippen LogP contribution in [-0.2, 0) is 6.54 Å². The summed E-state index contributed by atoms with van der Waals surface area (Å²) in [6.07, 6.45) is 10.0. The second kappa shape index (κ2) is 10.4. The van der Waals surface area contributed by atoms with Gasteiger partial charge in [0, 0.05) is 31.0 Å². The van der Waals surface area contributed by atoms with E-state index in [2.05, 4.69) is 41.8 Å². The first-order valence-electron chi connectivity index (χ1n) is 14.1. The quantitative estimate of drug-likeness (QED) is 0.281. The minimum absolute atomic E-state index is 0.00111. The summed E-state index contributed by atoms with van der Waals surface area (Å²) in [4.78, 5) is 31.3. The maximum Gasteiger partial charge on any atom is 0.439 e. The monoisotopic (exact) mass is 575 g/mol. The van der Waals surface area contributed by atoms with E-state index in [0.717, 1.165) is 78.6 Å². The Kier molecular flexibility index (Phi) is 6.57. The van der Waals surface area contributed by atoms with Gasteiger partial charge in [-0.15, -0.1) is 0 Å². The van der Waals surface area contributed by atoms with E-state index < -0.39 is 5.76 Å². The maximum absolute atomic E-state index is 11.8. The van der Waals surface area contributed by atoms with E-state index in [-0.39, 0.29) is 11.9 Å². The highest BCUT2D eigenvalue weighted by Gasteiger charge is 2.35. The standard InChI is InChI=1S/C28H30ClN9O3/c1-15-5-7-17(8-6-15)14-38-25-20(32-27(38)37-9-3-4-22(37)23-16(2)34-41-35-23)11-21(26-33-28(39)40-36-26)31-24(25)18-10-19(29)13-30-12-18/h10-13,15,17,22H,3-9,14H2,1-2H3,(H,33,36,39). The molecule has 1 aliphatic carbocycles. The molecular weight excluding hydrogens is 546 g/mol. The third kappa shape index (κ3) is 4.79. The van der Waals surface area contributed by atoms with Gasteiger partial charge in [-0.05, 0) is 56.6 Å². The SMILES string of the molecule is Cc1nonc1C1CCCN1c1nc2cc(-c3noc(=O)[nH]3)nc(-c3cncc(Cl)c3)c2n1CC1CCC(C)CC1. The predicted octanol–water partition coefficient (Wildman–Crippen LogP) is 5.35. The molecule has 1 saturated carbocycles. The van der Waals surface area contributed by atoms with Crippen molar-refractivity contribution in [3.63, 3.8) is 0 Å². The number of hydrogen-bond donors (Lipinski definition) is 1. The summed E-state index contributed by atoms with van der Waals surface area (Å²) in [5.41, 5.74) is 5.09. The van der Waals surface area contributed by atoms with Gasteiger partial charge in [-0.1, -0.05) is 46.8 Å². The highest BCUT2D eigenvalue weighted by molar-refractivity contribution is 6.30. The van der Waals surface area contributed by atoms with Crippen LogP contribution in [0.4, 0.5) is 5.95 Å². The van der Waals surface area contributed by atoms with Crippen molar-refractivity contribution in [2.24, 2.45) is 11.8 Å². The highest BCUT2D eigenvalue weighted by atomic mass is 35.5. The first-order chi connectivity index (χ1) is 19.9. The number of aryl methyl sites for hydroxylation is 1. The topological polar surface area (TPSA) is 145 Å². The van der Waals surface area contributed by atoms with Gasteiger partial charge < -0.3 is 9.47 Å². The van der Waals surface area contributed by atoms with E-state index >= 15 is 0 Å². The molecule has 212 valence electrons. The fourth-order valence-corrected chi connectivity index (χ4v) is 6.52. The third-order valence-electron chi connectivity index (χ3n) is 8.45. The number of anilines is 1. The fourth-order valence-electron chi connectivity index (χ4n) is 6.34. The molecule has 5 aromatic heterocycles. The molecule has 13 heteroatoms. The normalized spacial score (nSPS) is 21.2. The van der Waals surface area contributed by atoms with E-state index in [9.17, 15) is 4.79 Å².